The van der Waals surface area contributed by atoms with Crippen LogP contribution in [0.15, 0.2) is 6.20 Å². The summed E-state index contributed by atoms with van der Waals surface area (Å²) in [5.74, 6) is 0.0185. The number of hydrogen-bond donors (Lipinski definition) is 0. The molecule has 0 radical (unpaired) electrons. The van der Waals surface area contributed by atoms with Crippen LogP contribution >= 0.6 is 0 Å². The van der Waals surface area contributed by atoms with Crippen molar-refractivity contribution >= 4 is 5.91 Å². The molecule has 0 saturated heterocycles. The van der Waals surface area contributed by atoms with Crippen molar-refractivity contribution in [1.82, 2.24) is 14.7 Å². The molecule has 0 atom stereocenters. The van der Waals surface area contributed by atoms with Gasteiger partial charge in [0.15, 0.2) is 0 Å². The molecule has 0 fully saturated rings. The standard InChI is InChI=1S/C9H15N3O/c1-5-8-7(6-12(4)10-8)9(13)11(2)3/h6H,5H2,1-4H3. The van der Waals surface area contributed by atoms with E-state index in [-0.39, 0.29) is 5.91 Å². The lowest BCUT2D eigenvalue weighted by Gasteiger charge is -2.08. The SMILES string of the molecule is CCc1nn(C)cc1C(=O)N(C)C. The number of amides is 1. The van der Waals surface area contributed by atoms with E-state index in [2.05, 4.69) is 5.10 Å². The summed E-state index contributed by atoms with van der Waals surface area (Å²) in [6.07, 6.45) is 2.55. The van der Waals surface area contributed by atoms with Crippen LogP contribution in [0.5, 0.6) is 0 Å². The maximum atomic E-state index is 11.6. The minimum atomic E-state index is 0.0185. The first kappa shape index (κ1) is 9.77. The number of rotatable bonds is 2. The van der Waals surface area contributed by atoms with Gasteiger partial charge in [0.25, 0.3) is 5.91 Å². The van der Waals surface area contributed by atoms with Gasteiger partial charge in [-0.25, -0.2) is 0 Å². The highest BCUT2D eigenvalue weighted by atomic mass is 16.2. The average molecular weight is 181 g/mol. The lowest BCUT2D eigenvalue weighted by Crippen LogP contribution is -2.22. The van der Waals surface area contributed by atoms with Crippen molar-refractivity contribution in [3.8, 4) is 0 Å². The zero-order valence-electron chi connectivity index (χ0n) is 8.53. The molecule has 1 aromatic rings. The zero-order valence-corrected chi connectivity index (χ0v) is 8.53. The second-order valence-corrected chi connectivity index (χ2v) is 3.22. The molecule has 0 saturated carbocycles. The molecule has 0 unspecified atom stereocenters. The van der Waals surface area contributed by atoms with E-state index in [0.717, 1.165) is 12.1 Å². The molecule has 1 heterocycles. The van der Waals surface area contributed by atoms with E-state index >= 15 is 0 Å². The Bertz CT molecular complexity index is 315. The van der Waals surface area contributed by atoms with Crippen molar-refractivity contribution < 1.29 is 4.79 Å². The first-order valence-corrected chi connectivity index (χ1v) is 4.30. The summed E-state index contributed by atoms with van der Waals surface area (Å²) in [6, 6.07) is 0. The van der Waals surface area contributed by atoms with Crippen molar-refractivity contribution in [2.45, 2.75) is 13.3 Å². The third kappa shape index (κ3) is 1.88. The van der Waals surface area contributed by atoms with Gasteiger partial charge in [-0.1, -0.05) is 6.92 Å². The second kappa shape index (κ2) is 3.60. The Labute approximate surface area is 78.1 Å². The molecule has 0 aliphatic carbocycles. The molecule has 0 aromatic carbocycles. The maximum Gasteiger partial charge on any atom is 0.256 e. The topological polar surface area (TPSA) is 38.1 Å². The van der Waals surface area contributed by atoms with Crippen LogP contribution in [0.3, 0.4) is 0 Å². The second-order valence-electron chi connectivity index (χ2n) is 3.22. The predicted octanol–water partition coefficient (Wildman–Crippen LogP) is 0.684. The van der Waals surface area contributed by atoms with E-state index in [9.17, 15) is 4.79 Å². The molecule has 1 rings (SSSR count). The van der Waals surface area contributed by atoms with Crippen LogP contribution in [0.4, 0.5) is 0 Å². The lowest BCUT2D eigenvalue weighted by molar-refractivity contribution is 0.0826. The molecule has 0 N–H and O–H groups in total. The Morgan fingerprint density at radius 1 is 1.62 bits per heavy atom. The van der Waals surface area contributed by atoms with Gasteiger partial charge in [-0.2, -0.15) is 5.10 Å². The summed E-state index contributed by atoms with van der Waals surface area (Å²) in [7, 11) is 5.31. The minimum absolute atomic E-state index is 0.0185. The highest BCUT2D eigenvalue weighted by molar-refractivity contribution is 5.94. The molecule has 1 amide bonds. The van der Waals surface area contributed by atoms with Gasteiger partial charge in [0, 0.05) is 27.3 Å². The van der Waals surface area contributed by atoms with Crippen molar-refractivity contribution in [3.05, 3.63) is 17.5 Å². The smallest absolute Gasteiger partial charge is 0.256 e. The zero-order chi connectivity index (χ0) is 10.0. The van der Waals surface area contributed by atoms with Gasteiger partial charge in [0.05, 0.1) is 11.3 Å². The normalized spacial score (nSPS) is 10.2. The largest absolute Gasteiger partial charge is 0.345 e. The fourth-order valence-electron chi connectivity index (χ4n) is 1.22. The van der Waals surface area contributed by atoms with Crippen LogP contribution in [-0.2, 0) is 13.5 Å². The third-order valence-corrected chi connectivity index (χ3v) is 1.88. The summed E-state index contributed by atoms with van der Waals surface area (Å²) >= 11 is 0. The van der Waals surface area contributed by atoms with Crippen LogP contribution < -0.4 is 0 Å². The van der Waals surface area contributed by atoms with Gasteiger partial charge in [-0.3, -0.25) is 9.48 Å². The van der Waals surface area contributed by atoms with Crippen molar-refractivity contribution in [1.29, 1.82) is 0 Å². The van der Waals surface area contributed by atoms with Crippen LogP contribution in [0, 0.1) is 0 Å². The van der Waals surface area contributed by atoms with E-state index in [4.69, 9.17) is 0 Å². The quantitative estimate of drug-likeness (QED) is 0.673. The molecule has 0 spiro atoms. The summed E-state index contributed by atoms with van der Waals surface area (Å²) in [6.45, 7) is 1.99. The van der Waals surface area contributed by atoms with Gasteiger partial charge in [0.2, 0.25) is 0 Å². The first-order chi connectivity index (χ1) is 6.06. The van der Waals surface area contributed by atoms with Crippen molar-refractivity contribution in [3.63, 3.8) is 0 Å². The molecule has 13 heavy (non-hydrogen) atoms. The van der Waals surface area contributed by atoms with E-state index in [1.807, 2.05) is 14.0 Å². The van der Waals surface area contributed by atoms with E-state index in [1.165, 1.54) is 0 Å². The Hall–Kier alpha value is -1.32. The molecule has 4 nitrogen and oxygen atoms in total. The number of aromatic nitrogens is 2. The van der Waals surface area contributed by atoms with Gasteiger partial charge < -0.3 is 4.90 Å². The van der Waals surface area contributed by atoms with Crippen LogP contribution in [0.2, 0.25) is 0 Å². The summed E-state index contributed by atoms with van der Waals surface area (Å²) in [4.78, 5) is 13.2. The van der Waals surface area contributed by atoms with Gasteiger partial charge in [-0.15, -0.1) is 0 Å². The van der Waals surface area contributed by atoms with E-state index < -0.39 is 0 Å². The summed E-state index contributed by atoms with van der Waals surface area (Å²) in [5, 5.41) is 4.20. The number of aryl methyl sites for hydroxylation is 2. The van der Waals surface area contributed by atoms with Gasteiger partial charge >= 0.3 is 0 Å². The van der Waals surface area contributed by atoms with Gasteiger partial charge in [0.1, 0.15) is 0 Å². The van der Waals surface area contributed by atoms with Gasteiger partial charge in [-0.05, 0) is 6.42 Å². The monoisotopic (exact) mass is 181 g/mol. The average Bonchev–Trinajstić information content (AvgIpc) is 2.45. The van der Waals surface area contributed by atoms with Crippen LogP contribution in [-0.4, -0.2) is 34.7 Å². The molecular weight excluding hydrogens is 166 g/mol. The maximum absolute atomic E-state index is 11.6. The fourth-order valence-corrected chi connectivity index (χ4v) is 1.22. The van der Waals surface area contributed by atoms with E-state index in [0.29, 0.717) is 5.56 Å². The van der Waals surface area contributed by atoms with Crippen molar-refractivity contribution in [2.75, 3.05) is 14.1 Å². The van der Waals surface area contributed by atoms with E-state index in [1.54, 1.807) is 29.9 Å². The highest BCUT2D eigenvalue weighted by Crippen LogP contribution is 2.08. The molecule has 0 bridgehead atoms. The lowest BCUT2D eigenvalue weighted by atomic mass is 10.2. The predicted molar refractivity (Wildman–Crippen MR) is 50.6 cm³/mol. The molecule has 0 aliphatic heterocycles. The summed E-state index contributed by atoms with van der Waals surface area (Å²) in [5.41, 5.74) is 1.57. The molecule has 72 valence electrons. The van der Waals surface area contributed by atoms with Crippen LogP contribution in [0.1, 0.15) is 23.0 Å². The fraction of sp³-hybridized carbons (Fsp3) is 0.556. The third-order valence-electron chi connectivity index (χ3n) is 1.88. The Balaban J connectivity index is 3.05. The van der Waals surface area contributed by atoms with Crippen LogP contribution in [0.25, 0.3) is 0 Å². The molecule has 4 heteroatoms. The first-order valence-electron chi connectivity index (χ1n) is 4.30. The number of carbonyl (C=O) groups excluding carboxylic acids is 1. The molecule has 0 aliphatic rings. The number of carbonyl (C=O) groups is 1. The Kier molecular flexibility index (Phi) is 2.70. The Morgan fingerprint density at radius 2 is 2.23 bits per heavy atom. The number of nitrogens with zero attached hydrogens (tertiary/aromatic N) is 3. The van der Waals surface area contributed by atoms with Crippen molar-refractivity contribution in [2.24, 2.45) is 7.05 Å². The minimum Gasteiger partial charge on any atom is -0.345 e. The molecule has 1 aromatic heterocycles. The number of hydrogen-bond acceptors (Lipinski definition) is 2. The highest BCUT2D eigenvalue weighted by Gasteiger charge is 2.15. The summed E-state index contributed by atoms with van der Waals surface area (Å²) < 4.78 is 1.68. The molecular formula is C9H15N3O. The Morgan fingerprint density at radius 3 is 2.69 bits per heavy atom.